The highest BCUT2D eigenvalue weighted by molar-refractivity contribution is 6.08. The van der Waals surface area contributed by atoms with Crippen molar-refractivity contribution in [2.24, 2.45) is 0 Å². The highest BCUT2D eigenvalue weighted by Gasteiger charge is 2.27. The van der Waals surface area contributed by atoms with E-state index in [1.54, 1.807) is 6.92 Å². The summed E-state index contributed by atoms with van der Waals surface area (Å²) in [5, 5.41) is 0.401. The molecule has 2 aromatic heterocycles. The van der Waals surface area contributed by atoms with Crippen molar-refractivity contribution in [2.75, 3.05) is 7.11 Å². The molecule has 20 heavy (non-hydrogen) atoms. The Morgan fingerprint density at radius 1 is 1.40 bits per heavy atom. The first-order valence-electron chi connectivity index (χ1n) is 6.42. The first kappa shape index (κ1) is 12.7. The Morgan fingerprint density at radius 2 is 2.15 bits per heavy atom. The maximum Gasteiger partial charge on any atom is 0.343 e. The zero-order chi connectivity index (χ0) is 14.4. The molecule has 1 N–H and O–H groups in total. The number of ether oxygens (including phenoxy) is 1. The molecule has 0 fully saturated rings. The minimum absolute atomic E-state index is 0.0239. The van der Waals surface area contributed by atoms with Gasteiger partial charge in [-0.05, 0) is 13.3 Å². The van der Waals surface area contributed by atoms with Crippen molar-refractivity contribution < 1.29 is 14.3 Å². The number of aromatic nitrogens is 2. The molecule has 3 rings (SSSR count). The zero-order valence-electron chi connectivity index (χ0n) is 11.3. The van der Waals surface area contributed by atoms with E-state index in [0.717, 1.165) is 12.1 Å². The Balaban J connectivity index is 2.40. The molecule has 0 saturated carbocycles. The smallest absolute Gasteiger partial charge is 0.343 e. The van der Waals surface area contributed by atoms with Crippen molar-refractivity contribution in [3.8, 4) is 0 Å². The van der Waals surface area contributed by atoms with E-state index >= 15 is 0 Å². The molecule has 0 spiro atoms. The number of hydrogen-bond acceptors (Lipinski definition) is 4. The van der Waals surface area contributed by atoms with Gasteiger partial charge in [0.1, 0.15) is 11.3 Å². The largest absolute Gasteiger partial charge is 0.465 e. The maximum absolute atomic E-state index is 12.4. The van der Waals surface area contributed by atoms with E-state index in [0.29, 0.717) is 29.6 Å². The lowest BCUT2D eigenvalue weighted by molar-refractivity contribution is 0.0599. The van der Waals surface area contributed by atoms with Gasteiger partial charge >= 0.3 is 5.97 Å². The summed E-state index contributed by atoms with van der Waals surface area (Å²) in [5.41, 5.74) is 1.34. The number of rotatable bonds is 1. The number of aromatic amines is 1. The Morgan fingerprint density at radius 3 is 2.85 bits per heavy atom. The molecule has 3 heterocycles. The fourth-order valence-corrected chi connectivity index (χ4v) is 2.85. The molecule has 0 aliphatic carbocycles. The molecule has 6 nitrogen and oxygen atoms in total. The fraction of sp³-hybridized carbons (Fsp3) is 0.357. The molecule has 1 aliphatic rings. The summed E-state index contributed by atoms with van der Waals surface area (Å²) >= 11 is 0. The molecule has 1 aliphatic heterocycles. The van der Waals surface area contributed by atoms with Gasteiger partial charge < -0.3 is 14.3 Å². The van der Waals surface area contributed by atoms with Gasteiger partial charge in [-0.3, -0.25) is 9.59 Å². The lowest BCUT2D eigenvalue weighted by Crippen LogP contribution is -2.17. The van der Waals surface area contributed by atoms with Crippen LogP contribution in [0, 0.1) is 6.92 Å². The first-order valence-corrected chi connectivity index (χ1v) is 6.42. The second kappa shape index (κ2) is 4.33. The monoisotopic (exact) mass is 274 g/mol. The van der Waals surface area contributed by atoms with E-state index in [4.69, 9.17) is 0 Å². The number of fused-ring (bicyclic) bond motifs is 3. The number of ketones is 1. The number of nitrogens with one attached hydrogen (secondary N) is 1. The molecule has 0 bridgehead atoms. The van der Waals surface area contributed by atoms with Crippen LogP contribution in [0.15, 0.2) is 11.0 Å². The van der Waals surface area contributed by atoms with E-state index in [1.807, 2.05) is 4.57 Å². The maximum atomic E-state index is 12.4. The average Bonchev–Trinajstić information content (AvgIpc) is 2.74. The number of nitrogens with zero attached hydrogens (tertiary/aromatic N) is 1. The third kappa shape index (κ3) is 1.54. The van der Waals surface area contributed by atoms with E-state index in [1.165, 1.54) is 13.3 Å². The molecular formula is C14H14N2O4. The van der Waals surface area contributed by atoms with Crippen LogP contribution in [0.3, 0.4) is 0 Å². The highest BCUT2D eigenvalue weighted by Crippen LogP contribution is 2.27. The van der Waals surface area contributed by atoms with Gasteiger partial charge in [0.15, 0.2) is 5.78 Å². The topological polar surface area (TPSA) is 81.2 Å². The minimum Gasteiger partial charge on any atom is -0.465 e. The van der Waals surface area contributed by atoms with Gasteiger partial charge in [-0.2, -0.15) is 0 Å². The third-order valence-corrected chi connectivity index (χ3v) is 3.81. The molecule has 2 aromatic rings. The minimum atomic E-state index is -0.678. The summed E-state index contributed by atoms with van der Waals surface area (Å²) in [6.45, 7) is 2.50. The van der Waals surface area contributed by atoms with Crippen molar-refractivity contribution in [3.05, 3.63) is 33.4 Å². The molecule has 0 amide bonds. The molecule has 0 saturated heterocycles. The lowest BCUT2D eigenvalue weighted by atomic mass is 10.1. The van der Waals surface area contributed by atoms with Gasteiger partial charge in [0.2, 0.25) is 5.43 Å². The number of methoxy groups -OCH3 is 1. The predicted molar refractivity (Wildman–Crippen MR) is 72.2 cm³/mol. The van der Waals surface area contributed by atoms with Crippen LogP contribution >= 0.6 is 0 Å². The van der Waals surface area contributed by atoms with Crippen LogP contribution in [0.5, 0.6) is 0 Å². The number of carbonyl (C=O) groups is 2. The summed E-state index contributed by atoms with van der Waals surface area (Å²) in [7, 11) is 1.23. The van der Waals surface area contributed by atoms with Gasteiger partial charge in [0.05, 0.1) is 18.0 Å². The number of pyridine rings is 1. The Labute approximate surface area is 114 Å². The first-order chi connectivity index (χ1) is 9.56. The summed E-state index contributed by atoms with van der Waals surface area (Å²) in [6.07, 6.45) is 2.57. The fourth-order valence-electron chi connectivity index (χ4n) is 2.85. The van der Waals surface area contributed by atoms with Crippen LogP contribution in [-0.2, 0) is 11.3 Å². The van der Waals surface area contributed by atoms with Gasteiger partial charge in [-0.15, -0.1) is 0 Å². The number of carbonyl (C=O) groups excluding carboxylic acids is 2. The number of H-pyrrole nitrogens is 1. The van der Waals surface area contributed by atoms with Gasteiger partial charge in [0, 0.05) is 24.9 Å². The molecule has 0 unspecified atom stereocenters. The molecule has 104 valence electrons. The number of hydrogen-bond donors (Lipinski definition) is 1. The van der Waals surface area contributed by atoms with Gasteiger partial charge in [-0.25, -0.2) is 4.79 Å². The highest BCUT2D eigenvalue weighted by atomic mass is 16.5. The van der Waals surface area contributed by atoms with Gasteiger partial charge in [-0.1, -0.05) is 0 Å². The van der Waals surface area contributed by atoms with Crippen LogP contribution in [0.1, 0.15) is 39.4 Å². The van der Waals surface area contributed by atoms with Crippen molar-refractivity contribution in [3.63, 3.8) is 0 Å². The summed E-state index contributed by atoms with van der Waals surface area (Å²) in [6, 6.07) is 0. The van der Waals surface area contributed by atoms with Crippen molar-refractivity contribution in [2.45, 2.75) is 26.3 Å². The van der Waals surface area contributed by atoms with E-state index < -0.39 is 11.4 Å². The Bertz CT molecular complexity index is 798. The average molecular weight is 274 g/mol. The second-order valence-electron chi connectivity index (χ2n) is 4.89. The molecule has 0 atom stereocenters. The third-order valence-electron chi connectivity index (χ3n) is 3.81. The van der Waals surface area contributed by atoms with E-state index in [2.05, 4.69) is 9.72 Å². The zero-order valence-corrected chi connectivity index (χ0v) is 11.3. The standard InChI is InChI=1S/C14H14N2O4/c1-7-10-11(12-9(17)4-3-5-16(7)12)15-6-8(13(10)18)14(19)20-2/h6,15H,3-5H2,1-2H3. The van der Waals surface area contributed by atoms with Crippen molar-refractivity contribution >= 4 is 22.7 Å². The molecule has 0 radical (unpaired) electrons. The number of esters is 1. The van der Waals surface area contributed by atoms with Crippen molar-refractivity contribution in [1.29, 1.82) is 0 Å². The number of Topliss-reactive ketones (excluding diaryl/α,β-unsaturated/α-hetero) is 1. The van der Waals surface area contributed by atoms with Crippen molar-refractivity contribution in [1.82, 2.24) is 9.55 Å². The Hall–Kier alpha value is -2.37. The summed E-state index contributed by atoms with van der Waals surface area (Å²) < 4.78 is 6.45. The van der Waals surface area contributed by atoms with Crippen LogP contribution in [0.2, 0.25) is 0 Å². The quantitative estimate of drug-likeness (QED) is 0.797. The second-order valence-corrected chi connectivity index (χ2v) is 4.89. The van der Waals surface area contributed by atoms with E-state index in [-0.39, 0.29) is 11.3 Å². The molecule has 6 heteroatoms. The van der Waals surface area contributed by atoms with Crippen LogP contribution < -0.4 is 5.43 Å². The van der Waals surface area contributed by atoms with E-state index in [9.17, 15) is 14.4 Å². The lowest BCUT2D eigenvalue weighted by Gasteiger charge is -2.15. The SMILES string of the molecule is COC(=O)c1c[nH]c2c3n(c(C)c2c1=O)CCCC3=O. The summed E-state index contributed by atoms with van der Waals surface area (Å²) in [5.74, 6) is -0.654. The Kier molecular flexibility index (Phi) is 2.74. The normalized spacial score (nSPS) is 14.4. The van der Waals surface area contributed by atoms with Crippen LogP contribution in [0.25, 0.3) is 10.9 Å². The van der Waals surface area contributed by atoms with Gasteiger partial charge in [0.25, 0.3) is 0 Å². The van der Waals surface area contributed by atoms with Crippen LogP contribution in [-0.4, -0.2) is 28.4 Å². The number of aryl methyl sites for hydroxylation is 1. The predicted octanol–water partition coefficient (Wildman–Crippen LogP) is 1.40. The summed E-state index contributed by atoms with van der Waals surface area (Å²) in [4.78, 5) is 39.0. The molecular weight excluding hydrogens is 260 g/mol. The molecule has 0 aromatic carbocycles. The van der Waals surface area contributed by atoms with Crippen LogP contribution in [0.4, 0.5) is 0 Å².